The minimum absolute atomic E-state index is 0.0319. The van der Waals surface area contributed by atoms with Crippen molar-refractivity contribution in [3.63, 3.8) is 0 Å². The molecule has 0 saturated carbocycles. The number of aryl methyl sites for hydroxylation is 4. The molecule has 6 aromatic rings. The van der Waals surface area contributed by atoms with Crippen molar-refractivity contribution < 1.29 is 0 Å². The number of fused-ring (bicyclic) bond motifs is 6. The summed E-state index contributed by atoms with van der Waals surface area (Å²) in [6.45, 7) is 18.4. The second kappa shape index (κ2) is 9.91. The molecule has 0 saturated heterocycles. The highest BCUT2D eigenvalue weighted by Crippen LogP contribution is 2.55. The Morgan fingerprint density at radius 2 is 0.783 bits per heavy atom. The molecule has 0 heteroatoms. The molecule has 0 atom stereocenters. The van der Waals surface area contributed by atoms with Gasteiger partial charge in [0.05, 0.1) is 0 Å². The van der Waals surface area contributed by atoms with Gasteiger partial charge in [0.1, 0.15) is 0 Å². The van der Waals surface area contributed by atoms with Crippen molar-refractivity contribution in [1.29, 1.82) is 0 Å². The highest BCUT2D eigenvalue weighted by molar-refractivity contribution is 5.99. The zero-order valence-corrected chi connectivity index (χ0v) is 28.4. The average molecular weight is 595 g/mol. The van der Waals surface area contributed by atoms with Gasteiger partial charge in [0.25, 0.3) is 0 Å². The molecule has 0 unspecified atom stereocenters. The Morgan fingerprint density at radius 3 is 1.35 bits per heavy atom. The normalized spacial score (nSPS) is 14.9. The largest absolute Gasteiger partial charge is 0.0616 e. The fourth-order valence-electron chi connectivity index (χ4n) is 8.48. The summed E-state index contributed by atoms with van der Waals surface area (Å²) >= 11 is 0. The van der Waals surface area contributed by atoms with Crippen molar-refractivity contribution in [1.82, 2.24) is 0 Å². The maximum absolute atomic E-state index is 2.42. The average Bonchev–Trinajstić information content (AvgIpc) is 3.39. The number of hydrogen-bond donors (Lipinski definition) is 0. The summed E-state index contributed by atoms with van der Waals surface area (Å²) in [6, 6.07) is 41.9. The van der Waals surface area contributed by atoms with Gasteiger partial charge >= 0.3 is 0 Å². The minimum atomic E-state index is -0.0412. The second-order valence-corrected chi connectivity index (χ2v) is 14.9. The van der Waals surface area contributed by atoms with E-state index in [0.717, 1.165) is 0 Å². The van der Waals surface area contributed by atoms with E-state index >= 15 is 0 Å². The predicted octanol–water partition coefficient (Wildman–Crippen LogP) is 12.5. The minimum Gasteiger partial charge on any atom is -0.0616 e. The Morgan fingerprint density at radius 1 is 0.326 bits per heavy atom. The smallest absolute Gasteiger partial charge is 0.0159 e. The second-order valence-electron chi connectivity index (χ2n) is 14.9. The van der Waals surface area contributed by atoms with E-state index in [9.17, 15) is 0 Å². The molecule has 0 spiro atoms. The summed E-state index contributed by atoms with van der Waals surface area (Å²) in [5, 5.41) is 0. The van der Waals surface area contributed by atoms with Crippen LogP contribution in [0.3, 0.4) is 0 Å². The molecule has 226 valence electrons. The van der Waals surface area contributed by atoms with Crippen molar-refractivity contribution in [3.05, 3.63) is 154 Å². The van der Waals surface area contributed by atoms with E-state index < -0.39 is 0 Å². The first-order valence-corrected chi connectivity index (χ1v) is 16.7. The van der Waals surface area contributed by atoms with E-state index in [1.165, 1.54) is 100 Å². The molecule has 0 fully saturated rings. The van der Waals surface area contributed by atoms with Crippen LogP contribution in [0.15, 0.2) is 109 Å². The zero-order chi connectivity index (χ0) is 32.1. The van der Waals surface area contributed by atoms with Gasteiger partial charge in [-0.2, -0.15) is 0 Å². The van der Waals surface area contributed by atoms with Crippen molar-refractivity contribution >= 4 is 0 Å². The van der Waals surface area contributed by atoms with E-state index in [4.69, 9.17) is 0 Å². The Kier molecular flexibility index (Phi) is 6.20. The topological polar surface area (TPSA) is 0 Å². The highest BCUT2D eigenvalue weighted by atomic mass is 14.4. The van der Waals surface area contributed by atoms with Crippen LogP contribution in [0.1, 0.15) is 72.2 Å². The summed E-state index contributed by atoms with van der Waals surface area (Å²) in [5.41, 5.74) is 24.2. The van der Waals surface area contributed by atoms with Gasteiger partial charge in [0.15, 0.2) is 0 Å². The predicted molar refractivity (Wildman–Crippen MR) is 197 cm³/mol. The van der Waals surface area contributed by atoms with Crippen LogP contribution < -0.4 is 0 Å². The van der Waals surface area contributed by atoms with Gasteiger partial charge in [-0.25, -0.2) is 0 Å². The molecule has 6 aromatic carbocycles. The lowest BCUT2D eigenvalue weighted by Crippen LogP contribution is -2.15. The zero-order valence-electron chi connectivity index (χ0n) is 28.4. The third kappa shape index (κ3) is 4.12. The summed E-state index contributed by atoms with van der Waals surface area (Å²) in [5.74, 6) is 0. The standard InChI is InChI=1S/C46H42/c1-27-16-18-35-39(22-27)45(5,6)41-24-29(3)20-37(43(35)41)32-13-11-12-31(26-32)33-14-9-10-15-34(33)38-21-30(4)25-42-44(38)36-19-17-28(2)23-40(36)46(42,7)8/h9-26H,1-8H3. The van der Waals surface area contributed by atoms with Crippen LogP contribution in [-0.4, -0.2) is 0 Å². The van der Waals surface area contributed by atoms with Gasteiger partial charge in [-0.3, -0.25) is 0 Å². The molecule has 0 radical (unpaired) electrons. The fourth-order valence-corrected chi connectivity index (χ4v) is 8.48. The van der Waals surface area contributed by atoms with E-state index in [0.29, 0.717) is 0 Å². The van der Waals surface area contributed by atoms with Crippen LogP contribution in [0.4, 0.5) is 0 Å². The van der Waals surface area contributed by atoms with E-state index in [1.807, 2.05) is 0 Å². The number of hydrogen-bond acceptors (Lipinski definition) is 0. The van der Waals surface area contributed by atoms with Crippen LogP contribution in [0, 0.1) is 27.7 Å². The summed E-state index contributed by atoms with van der Waals surface area (Å²) in [6.07, 6.45) is 0. The molecule has 8 rings (SSSR count). The molecule has 0 amide bonds. The van der Waals surface area contributed by atoms with Crippen LogP contribution in [0.2, 0.25) is 0 Å². The molecule has 0 nitrogen and oxygen atoms in total. The third-order valence-corrected chi connectivity index (χ3v) is 10.8. The lowest BCUT2D eigenvalue weighted by molar-refractivity contribution is 0.659. The molecule has 0 bridgehead atoms. The summed E-state index contributed by atoms with van der Waals surface area (Å²) < 4.78 is 0. The van der Waals surface area contributed by atoms with E-state index in [2.05, 4.69) is 165 Å². The highest BCUT2D eigenvalue weighted by Gasteiger charge is 2.39. The third-order valence-electron chi connectivity index (χ3n) is 10.8. The molecule has 0 aromatic heterocycles. The summed E-state index contributed by atoms with van der Waals surface area (Å²) in [4.78, 5) is 0. The first-order chi connectivity index (χ1) is 21.9. The van der Waals surface area contributed by atoms with Gasteiger partial charge < -0.3 is 0 Å². The Balaban J connectivity index is 1.33. The lowest BCUT2D eigenvalue weighted by Gasteiger charge is -2.23. The summed E-state index contributed by atoms with van der Waals surface area (Å²) in [7, 11) is 0. The van der Waals surface area contributed by atoms with Gasteiger partial charge in [-0.05, 0) is 112 Å². The SMILES string of the molecule is Cc1ccc2c(c1)C(C)(C)c1cc(C)cc(-c3cccc(-c4ccccc4-c4cc(C)cc5c4-c4ccc(C)cc4C5(C)C)c3)c1-2. The van der Waals surface area contributed by atoms with Crippen molar-refractivity contribution in [3.8, 4) is 55.6 Å². The Hall–Kier alpha value is -4.68. The maximum Gasteiger partial charge on any atom is 0.0159 e. The van der Waals surface area contributed by atoms with Crippen LogP contribution >= 0.6 is 0 Å². The lowest BCUT2D eigenvalue weighted by atomic mass is 9.80. The molecular weight excluding hydrogens is 553 g/mol. The van der Waals surface area contributed by atoms with Crippen LogP contribution in [-0.2, 0) is 10.8 Å². The van der Waals surface area contributed by atoms with Gasteiger partial charge in [0, 0.05) is 10.8 Å². The van der Waals surface area contributed by atoms with Gasteiger partial charge in [-0.15, -0.1) is 0 Å². The quantitative estimate of drug-likeness (QED) is 0.191. The monoisotopic (exact) mass is 594 g/mol. The molecule has 2 aliphatic rings. The number of rotatable bonds is 3. The molecular formula is C46H42. The Labute approximate surface area is 274 Å². The van der Waals surface area contributed by atoms with Crippen molar-refractivity contribution in [2.24, 2.45) is 0 Å². The fraction of sp³-hybridized carbons (Fsp3) is 0.217. The van der Waals surface area contributed by atoms with E-state index in [1.54, 1.807) is 0 Å². The molecule has 2 aliphatic carbocycles. The van der Waals surface area contributed by atoms with Crippen molar-refractivity contribution in [2.75, 3.05) is 0 Å². The molecule has 0 N–H and O–H groups in total. The van der Waals surface area contributed by atoms with Crippen LogP contribution in [0.5, 0.6) is 0 Å². The first kappa shape index (κ1) is 28.8. The maximum atomic E-state index is 2.42. The van der Waals surface area contributed by atoms with Crippen molar-refractivity contribution in [2.45, 2.75) is 66.2 Å². The van der Waals surface area contributed by atoms with Gasteiger partial charge in [0.2, 0.25) is 0 Å². The Bertz CT molecular complexity index is 2240. The molecule has 46 heavy (non-hydrogen) atoms. The van der Waals surface area contributed by atoms with E-state index in [-0.39, 0.29) is 10.8 Å². The number of benzene rings is 6. The van der Waals surface area contributed by atoms with Crippen LogP contribution in [0.25, 0.3) is 55.6 Å². The molecule has 0 heterocycles. The first-order valence-electron chi connectivity index (χ1n) is 16.7. The molecule has 0 aliphatic heterocycles. The van der Waals surface area contributed by atoms with Gasteiger partial charge in [-0.1, -0.05) is 153 Å².